The number of nitrogens with zero attached hydrogens (tertiary/aromatic N) is 2. The molecule has 0 atom stereocenters. The third-order valence-electron chi connectivity index (χ3n) is 5.79. The van der Waals surface area contributed by atoms with Crippen LogP contribution >= 0.6 is 0 Å². The third kappa shape index (κ3) is 3.01. The number of carboxylic acid groups (broad SMARTS) is 1. The quantitative estimate of drug-likeness (QED) is 0.533. The predicted molar refractivity (Wildman–Crippen MR) is 110 cm³/mol. The maximum Gasteiger partial charge on any atom is 0.335 e. The Kier molecular flexibility index (Phi) is 4.19. The van der Waals surface area contributed by atoms with Gasteiger partial charge in [0.2, 0.25) is 0 Å². The molecule has 4 aromatic rings. The summed E-state index contributed by atoms with van der Waals surface area (Å²) in [4.78, 5) is 28.5. The van der Waals surface area contributed by atoms with Crippen LogP contribution < -0.4 is 5.43 Å². The molecule has 1 N–H and O–H groups in total. The normalized spacial score (nSPS) is 15.2. The van der Waals surface area contributed by atoms with Crippen LogP contribution in [0, 0.1) is 0 Å². The molecule has 0 saturated heterocycles. The van der Waals surface area contributed by atoms with E-state index in [4.69, 9.17) is 9.40 Å². The van der Waals surface area contributed by atoms with E-state index in [1.807, 2.05) is 18.2 Å². The Balaban J connectivity index is 1.76. The van der Waals surface area contributed by atoms with E-state index in [0.29, 0.717) is 22.5 Å². The maximum atomic E-state index is 12.3. The standard InChI is InChI=1S/C23H20N2O4/c26-20-10-11-29-21-9-7-14(12-17(20)21)22-24-18-13-15(23(27)28)6-8-19(18)25(22)16-4-2-1-3-5-16/h6-13,16H,1-5H2,(H,27,28). The molecular formula is C23H20N2O4. The molecule has 6 heteroatoms. The molecule has 0 spiro atoms. The highest BCUT2D eigenvalue weighted by Gasteiger charge is 2.23. The van der Waals surface area contributed by atoms with E-state index in [0.717, 1.165) is 42.6 Å². The lowest BCUT2D eigenvalue weighted by molar-refractivity contribution is 0.0697. The van der Waals surface area contributed by atoms with Crippen molar-refractivity contribution in [2.24, 2.45) is 0 Å². The number of hydrogen-bond donors (Lipinski definition) is 1. The molecule has 2 aromatic carbocycles. The van der Waals surface area contributed by atoms with Crippen molar-refractivity contribution < 1.29 is 14.3 Å². The van der Waals surface area contributed by atoms with Gasteiger partial charge >= 0.3 is 5.97 Å². The van der Waals surface area contributed by atoms with Gasteiger partial charge in [-0.05, 0) is 49.2 Å². The monoisotopic (exact) mass is 388 g/mol. The van der Waals surface area contributed by atoms with Gasteiger partial charge in [0.05, 0.1) is 28.2 Å². The molecule has 2 heterocycles. The van der Waals surface area contributed by atoms with Gasteiger partial charge in [0.25, 0.3) is 0 Å². The van der Waals surface area contributed by atoms with E-state index in [9.17, 15) is 14.7 Å². The second kappa shape index (κ2) is 6.88. The Morgan fingerprint density at radius 1 is 1.07 bits per heavy atom. The summed E-state index contributed by atoms with van der Waals surface area (Å²) in [6.45, 7) is 0. The zero-order valence-electron chi connectivity index (χ0n) is 15.8. The molecular weight excluding hydrogens is 368 g/mol. The second-order valence-electron chi connectivity index (χ2n) is 7.60. The Morgan fingerprint density at radius 2 is 1.90 bits per heavy atom. The summed E-state index contributed by atoms with van der Waals surface area (Å²) < 4.78 is 7.67. The van der Waals surface area contributed by atoms with Crippen LogP contribution in [-0.2, 0) is 0 Å². The highest BCUT2D eigenvalue weighted by Crippen LogP contribution is 2.36. The van der Waals surface area contributed by atoms with Gasteiger partial charge in [-0.25, -0.2) is 9.78 Å². The van der Waals surface area contributed by atoms with Gasteiger partial charge in [-0.3, -0.25) is 4.79 Å². The Bertz CT molecular complexity index is 1300. The Labute approximate surface area is 166 Å². The molecule has 0 amide bonds. The summed E-state index contributed by atoms with van der Waals surface area (Å²) >= 11 is 0. The molecule has 0 unspecified atom stereocenters. The van der Waals surface area contributed by atoms with Crippen molar-refractivity contribution in [3.8, 4) is 11.4 Å². The van der Waals surface area contributed by atoms with Crippen LogP contribution in [0.3, 0.4) is 0 Å². The summed E-state index contributed by atoms with van der Waals surface area (Å²) in [5, 5.41) is 9.87. The van der Waals surface area contributed by atoms with Gasteiger partial charge in [0.15, 0.2) is 5.43 Å². The first-order chi connectivity index (χ1) is 14.1. The SMILES string of the molecule is O=C(O)c1ccc2c(c1)nc(-c1ccc3occc(=O)c3c1)n2C1CCCCC1. The van der Waals surface area contributed by atoms with Gasteiger partial charge in [0.1, 0.15) is 11.4 Å². The molecule has 0 radical (unpaired) electrons. The van der Waals surface area contributed by atoms with Crippen molar-refractivity contribution >= 4 is 28.0 Å². The number of aromatic carboxylic acids is 1. The average Bonchev–Trinajstić information content (AvgIpc) is 3.13. The largest absolute Gasteiger partial charge is 0.478 e. The van der Waals surface area contributed by atoms with Crippen molar-refractivity contribution in [2.75, 3.05) is 0 Å². The zero-order chi connectivity index (χ0) is 20.0. The average molecular weight is 388 g/mol. The van der Waals surface area contributed by atoms with E-state index in [-0.39, 0.29) is 11.0 Å². The summed E-state index contributed by atoms with van der Waals surface area (Å²) in [5.74, 6) is -0.205. The third-order valence-corrected chi connectivity index (χ3v) is 5.79. The molecule has 6 nitrogen and oxygen atoms in total. The highest BCUT2D eigenvalue weighted by molar-refractivity contribution is 5.93. The minimum atomic E-state index is -0.969. The Morgan fingerprint density at radius 3 is 2.69 bits per heavy atom. The topological polar surface area (TPSA) is 85.3 Å². The fourth-order valence-electron chi connectivity index (χ4n) is 4.37. The zero-order valence-corrected chi connectivity index (χ0v) is 15.8. The molecule has 1 saturated carbocycles. The number of carbonyl (C=O) groups is 1. The van der Waals surface area contributed by atoms with Gasteiger partial charge in [0, 0.05) is 17.7 Å². The summed E-state index contributed by atoms with van der Waals surface area (Å²) in [7, 11) is 0. The van der Waals surface area contributed by atoms with Crippen molar-refractivity contribution in [3.05, 3.63) is 64.5 Å². The first-order valence-corrected chi connectivity index (χ1v) is 9.89. The van der Waals surface area contributed by atoms with Crippen LogP contribution in [0.25, 0.3) is 33.4 Å². The number of aromatic nitrogens is 2. The predicted octanol–water partition coefficient (Wildman–Crippen LogP) is 5.01. The van der Waals surface area contributed by atoms with E-state index in [1.165, 1.54) is 18.8 Å². The van der Waals surface area contributed by atoms with E-state index < -0.39 is 5.97 Å². The van der Waals surface area contributed by atoms with E-state index >= 15 is 0 Å². The van der Waals surface area contributed by atoms with Gasteiger partial charge in [-0.15, -0.1) is 0 Å². The highest BCUT2D eigenvalue weighted by atomic mass is 16.4. The fraction of sp³-hybridized carbons (Fsp3) is 0.261. The van der Waals surface area contributed by atoms with Crippen LogP contribution in [0.4, 0.5) is 0 Å². The molecule has 0 bridgehead atoms. The Hall–Kier alpha value is -3.41. The molecule has 1 aliphatic rings. The maximum absolute atomic E-state index is 12.3. The number of imidazole rings is 1. The molecule has 29 heavy (non-hydrogen) atoms. The number of rotatable bonds is 3. The smallest absolute Gasteiger partial charge is 0.335 e. The van der Waals surface area contributed by atoms with Crippen LogP contribution in [0.1, 0.15) is 48.5 Å². The number of fused-ring (bicyclic) bond motifs is 2. The lowest BCUT2D eigenvalue weighted by atomic mass is 9.94. The number of benzene rings is 2. The van der Waals surface area contributed by atoms with Crippen molar-refractivity contribution in [3.63, 3.8) is 0 Å². The van der Waals surface area contributed by atoms with Crippen molar-refractivity contribution in [2.45, 2.75) is 38.1 Å². The van der Waals surface area contributed by atoms with Crippen LogP contribution in [0.15, 0.2) is 57.9 Å². The summed E-state index contributed by atoms with van der Waals surface area (Å²) in [6, 6.07) is 12.3. The van der Waals surface area contributed by atoms with Crippen LogP contribution in [0.2, 0.25) is 0 Å². The second-order valence-corrected chi connectivity index (χ2v) is 7.60. The first-order valence-electron chi connectivity index (χ1n) is 9.89. The van der Waals surface area contributed by atoms with Crippen molar-refractivity contribution in [1.82, 2.24) is 9.55 Å². The number of hydrogen-bond acceptors (Lipinski definition) is 4. The molecule has 1 fully saturated rings. The molecule has 146 valence electrons. The number of carboxylic acids is 1. The van der Waals surface area contributed by atoms with Gasteiger partial charge < -0.3 is 14.1 Å². The van der Waals surface area contributed by atoms with E-state index in [1.54, 1.807) is 18.2 Å². The van der Waals surface area contributed by atoms with Gasteiger partial charge in [-0.2, -0.15) is 0 Å². The van der Waals surface area contributed by atoms with Crippen LogP contribution in [0.5, 0.6) is 0 Å². The molecule has 1 aliphatic carbocycles. The first kappa shape index (κ1) is 17.7. The lowest BCUT2D eigenvalue weighted by Gasteiger charge is -2.25. The van der Waals surface area contributed by atoms with Crippen LogP contribution in [-0.4, -0.2) is 20.6 Å². The minimum absolute atomic E-state index is 0.0957. The van der Waals surface area contributed by atoms with Crippen molar-refractivity contribution in [1.29, 1.82) is 0 Å². The molecule has 5 rings (SSSR count). The van der Waals surface area contributed by atoms with Gasteiger partial charge in [-0.1, -0.05) is 19.3 Å². The van der Waals surface area contributed by atoms with E-state index in [2.05, 4.69) is 4.57 Å². The summed E-state index contributed by atoms with van der Waals surface area (Å²) in [5.41, 5.74) is 3.07. The molecule has 2 aromatic heterocycles. The molecule has 0 aliphatic heterocycles. The summed E-state index contributed by atoms with van der Waals surface area (Å²) in [6.07, 6.45) is 7.09. The lowest BCUT2D eigenvalue weighted by Crippen LogP contribution is -2.14. The fourth-order valence-corrected chi connectivity index (χ4v) is 4.37. The minimum Gasteiger partial charge on any atom is -0.478 e.